The van der Waals surface area contributed by atoms with E-state index >= 15 is 0 Å². The van der Waals surface area contributed by atoms with Gasteiger partial charge in [0, 0.05) is 19.3 Å². The van der Waals surface area contributed by atoms with Gasteiger partial charge in [0.2, 0.25) is 5.88 Å². The van der Waals surface area contributed by atoms with E-state index in [9.17, 15) is 4.79 Å². The highest BCUT2D eigenvalue weighted by Crippen LogP contribution is 2.33. The van der Waals surface area contributed by atoms with Gasteiger partial charge in [0.25, 0.3) is 5.91 Å². The summed E-state index contributed by atoms with van der Waals surface area (Å²) in [5.74, 6) is 0.458. The van der Waals surface area contributed by atoms with E-state index < -0.39 is 5.60 Å². The largest absolute Gasteiger partial charge is 0.475 e. The van der Waals surface area contributed by atoms with E-state index in [2.05, 4.69) is 17.2 Å². The van der Waals surface area contributed by atoms with E-state index in [0.717, 1.165) is 32.1 Å². The molecule has 1 heterocycles. The third-order valence-electron chi connectivity index (χ3n) is 4.33. The Balaban J connectivity index is 1.91. The number of carbonyl (C=O) groups is 1. The first-order valence-corrected chi connectivity index (χ1v) is 9.32. The molecule has 2 rings (SSSR count). The zero-order valence-electron chi connectivity index (χ0n) is 15.4. The third-order valence-corrected chi connectivity index (χ3v) is 4.33. The lowest BCUT2D eigenvalue weighted by Crippen LogP contribution is -2.47. The second kappa shape index (κ2) is 10.4. The molecule has 0 unspecified atom stereocenters. The molecule has 6 nitrogen and oxygen atoms in total. The topological polar surface area (TPSA) is 69.7 Å². The van der Waals surface area contributed by atoms with Crippen molar-refractivity contribution in [1.29, 1.82) is 0 Å². The SMILES string of the molecule is CCCOC1(C(=O)Nc2ccc(OCCOCC)nc2)CCCCC1. The predicted molar refractivity (Wildman–Crippen MR) is 96.9 cm³/mol. The summed E-state index contributed by atoms with van der Waals surface area (Å²) >= 11 is 0. The average Bonchev–Trinajstić information content (AvgIpc) is 2.65. The number of carbonyl (C=O) groups excluding carboxylic acids is 1. The van der Waals surface area contributed by atoms with Gasteiger partial charge in [0.1, 0.15) is 12.2 Å². The van der Waals surface area contributed by atoms with Gasteiger partial charge in [0.05, 0.1) is 18.5 Å². The molecule has 1 aromatic rings. The molecule has 6 heteroatoms. The number of anilines is 1. The second-order valence-corrected chi connectivity index (χ2v) is 6.29. The van der Waals surface area contributed by atoms with Crippen LogP contribution in [0.25, 0.3) is 0 Å². The van der Waals surface area contributed by atoms with Crippen LogP contribution < -0.4 is 10.1 Å². The Morgan fingerprint density at radius 1 is 1.16 bits per heavy atom. The van der Waals surface area contributed by atoms with Gasteiger partial charge >= 0.3 is 0 Å². The van der Waals surface area contributed by atoms with Crippen molar-refractivity contribution in [2.24, 2.45) is 0 Å². The highest BCUT2D eigenvalue weighted by Gasteiger charge is 2.40. The zero-order chi connectivity index (χ0) is 18.0. The highest BCUT2D eigenvalue weighted by molar-refractivity contribution is 5.97. The monoisotopic (exact) mass is 350 g/mol. The van der Waals surface area contributed by atoms with Gasteiger partial charge in [-0.25, -0.2) is 4.98 Å². The fraction of sp³-hybridized carbons (Fsp3) is 0.684. The summed E-state index contributed by atoms with van der Waals surface area (Å²) in [5.41, 5.74) is -0.0341. The summed E-state index contributed by atoms with van der Waals surface area (Å²) in [5, 5.41) is 2.96. The maximum atomic E-state index is 12.8. The molecule has 1 saturated carbocycles. The molecule has 0 spiro atoms. The number of amides is 1. The van der Waals surface area contributed by atoms with Crippen LogP contribution >= 0.6 is 0 Å². The van der Waals surface area contributed by atoms with Crippen molar-refractivity contribution in [3.05, 3.63) is 18.3 Å². The molecule has 0 saturated heterocycles. The minimum Gasteiger partial charge on any atom is -0.475 e. The fourth-order valence-corrected chi connectivity index (χ4v) is 2.99. The predicted octanol–water partition coefficient (Wildman–Crippen LogP) is 3.56. The first-order chi connectivity index (χ1) is 12.2. The minimum absolute atomic E-state index is 0.0625. The standard InChI is InChI=1S/C19H30N2O4/c1-3-12-25-19(10-6-5-7-11-19)18(22)21-16-8-9-17(20-15-16)24-14-13-23-4-2/h8-9,15H,3-7,10-14H2,1-2H3,(H,21,22). The van der Waals surface area contributed by atoms with Crippen molar-refractivity contribution >= 4 is 11.6 Å². The number of aromatic nitrogens is 1. The van der Waals surface area contributed by atoms with Gasteiger partial charge in [-0.1, -0.05) is 26.2 Å². The lowest BCUT2D eigenvalue weighted by Gasteiger charge is -2.35. The number of rotatable bonds is 10. The van der Waals surface area contributed by atoms with Crippen LogP contribution in [-0.4, -0.2) is 42.9 Å². The third kappa shape index (κ3) is 5.97. The Labute approximate surface area is 150 Å². The Morgan fingerprint density at radius 2 is 1.96 bits per heavy atom. The van der Waals surface area contributed by atoms with E-state index in [4.69, 9.17) is 14.2 Å². The van der Waals surface area contributed by atoms with E-state index in [1.165, 1.54) is 6.42 Å². The van der Waals surface area contributed by atoms with E-state index in [1.807, 2.05) is 6.92 Å². The second-order valence-electron chi connectivity index (χ2n) is 6.29. The van der Waals surface area contributed by atoms with Gasteiger partial charge in [-0.15, -0.1) is 0 Å². The van der Waals surface area contributed by atoms with Gasteiger partial charge in [-0.05, 0) is 32.3 Å². The Kier molecular flexibility index (Phi) is 8.15. The summed E-state index contributed by atoms with van der Waals surface area (Å²) < 4.78 is 16.7. The summed E-state index contributed by atoms with van der Waals surface area (Å²) in [7, 11) is 0. The van der Waals surface area contributed by atoms with Crippen LogP contribution in [0.3, 0.4) is 0 Å². The molecule has 1 aliphatic rings. The van der Waals surface area contributed by atoms with Crippen molar-refractivity contribution in [2.45, 2.75) is 58.0 Å². The summed E-state index contributed by atoms with van der Waals surface area (Å²) in [6.45, 7) is 6.28. The Morgan fingerprint density at radius 3 is 2.60 bits per heavy atom. The van der Waals surface area contributed by atoms with Crippen molar-refractivity contribution in [1.82, 2.24) is 4.98 Å². The van der Waals surface area contributed by atoms with E-state index in [-0.39, 0.29) is 5.91 Å². The maximum absolute atomic E-state index is 12.8. The molecule has 0 aromatic carbocycles. The number of pyridine rings is 1. The molecule has 1 aliphatic carbocycles. The molecular formula is C19H30N2O4. The van der Waals surface area contributed by atoms with Crippen molar-refractivity contribution < 1.29 is 19.0 Å². The molecule has 1 aromatic heterocycles. The number of nitrogens with zero attached hydrogens (tertiary/aromatic N) is 1. The van der Waals surface area contributed by atoms with Crippen LogP contribution in [0.5, 0.6) is 5.88 Å². The lowest BCUT2D eigenvalue weighted by atomic mass is 9.83. The normalized spacial score (nSPS) is 16.4. The van der Waals surface area contributed by atoms with E-state index in [1.54, 1.807) is 18.3 Å². The smallest absolute Gasteiger partial charge is 0.256 e. The first kappa shape index (κ1) is 19.7. The Hall–Kier alpha value is -1.66. The van der Waals surface area contributed by atoms with Crippen molar-refractivity contribution in [3.63, 3.8) is 0 Å². The van der Waals surface area contributed by atoms with Crippen LogP contribution in [0.1, 0.15) is 52.4 Å². The van der Waals surface area contributed by atoms with Gasteiger partial charge in [0.15, 0.2) is 0 Å². The van der Waals surface area contributed by atoms with Crippen LogP contribution in [-0.2, 0) is 14.3 Å². The number of ether oxygens (including phenoxy) is 3. The molecule has 0 radical (unpaired) electrons. The molecular weight excluding hydrogens is 320 g/mol. The molecule has 0 bridgehead atoms. The van der Waals surface area contributed by atoms with Crippen LogP contribution in [0.4, 0.5) is 5.69 Å². The fourth-order valence-electron chi connectivity index (χ4n) is 2.99. The summed E-state index contributed by atoms with van der Waals surface area (Å²) in [6, 6.07) is 3.55. The number of nitrogens with one attached hydrogen (secondary N) is 1. The molecule has 1 N–H and O–H groups in total. The van der Waals surface area contributed by atoms with Crippen molar-refractivity contribution in [3.8, 4) is 5.88 Å². The molecule has 140 valence electrons. The maximum Gasteiger partial charge on any atom is 0.256 e. The van der Waals surface area contributed by atoms with Gasteiger partial charge in [-0.3, -0.25) is 4.79 Å². The number of hydrogen-bond donors (Lipinski definition) is 1. The molecule has 0 atom stereocenters. The molecule has 0 aliphatic heterocycles. The van der Waals surface area contributed by atoms with Crippen LogP contribution in [0, 0.1) is 0 Å². The summed E-state index contributed by atoms with van der Waals surface area (Å²) in [4.78, 5) is 17.0. The van der Waals surface area contributed by atoms with Gasteiger partial charge < -0.3 is 19.5 Å². The quantitative estimate of drug-likeness (QED) is 0.653. The Bertz CT molecular complexity index is 513. The summed E-state index contributed by atoms with van der Waals surface area (Å²) in [6.07, 6.45) is 7.31. The number of hydrogen-bond acceptors (Lipinski definition) is 5. The zero-order valence-corrected chi connectivity index (χ0v) is 15.4. The lowest BCUT2D eigenvalue weighted by molar-refractivity contribution is -0.146. The minimum atomic E-state index is -0.694. The first-order valence-electron chi connectivity index (χ1n) is 9.32. The van der Waals surface area contributed by atoms with Gasteiger partial charge in [-0.2, -0.15) is 0 Å². The van der Waals surface area contributed by atoms with Crippen LogP contribution in [0.2, 0.25) is 0 Å². The molecule has 25 heavy (non-hydrogen) atoms. The highest BCUT2D eigenvalue weighted by atomic mass is 16.5. The molecule has 1 amide bonds. The van der Waals surface area contributed by atoms with E-state index in [0.29, 0.717) is 38.0 Å². The molecule has 1 fully saturated rings. The van der Waals surface area contributed by atoms with Crippen LogP contribution in [0.15, 0.2) is 18.3 Å². The average molecular weight is 350 g/mol. The van der Waals surface area contributed by atoms with Crippen molar-refractivity contribution in [2.75, 3.05) is 31.7 Å².